The molecule has 1 atom stereocenters. The Morgan fingerprint density at radius 1 is 1.11 bits per heavy atom. The zero-order valence-corrected chi connectivity index (χ0v) is 21.0. The molecule has 2 fully saturated rings. The molecule has 3 heterocycles. The molecule has 0 aromatic heterocycles. The Bertz CT molecular complexity index is 1070. The number of amides is 2. The minimum atomic E-state index is -0.279. The number of carbonyl (C=O) groups is 2. The third kappa shape index (κ3) is 5.17. The van der Waals surface area contributed by atoms with E-state index in [1.54, 1.807) is 4.90 Å². The van der Waals surface area contributed by atoms with Crippen LogP contribution in [-0.2, 0) is 21.6 Å². The van der Waals surface area contributed by atoms with Crippen LogP contribution in [0.5, 0.6) is 0 Å². The molecule has 35 heavy (non-hydrogen) atoms. The first-order chi connectivity index (χ1) is 16.9. The van der Waals surface area contributed by atoms with Crippen molar-refractivity contribution < 1.29 is 14.3 Å². The number of likely N-dealkylation sites (tertiary alicyclic amines) is 1. The number of carbonyl (C=O) groups excluding carboxylic acids is 2. The zero-order valence-electron chi connectivity index (χ0n) is 20.2. The van der Waals surface area contributed by atoms with Gasteiger partial charge in [-0.2, -0.15) is 0 Å². The SMILES string of the molecule is C[C@@H]1CN(CC(=O)N2CC3(CCN(C(=O)OCc4ccccc4)CC3)c3ccc(Cl)cc32)CCN1. The Hall–Kier alpha value is -2.61. The van der Waals surface area contributed by atoms with Crippen LogP contribution in [-0.4, -0.2) is 73.7 Å². The van der Waals surface area contributed by atoms with Crippen LogP contribution in [0.1, 0.15) is 30.9 Å². The van der Waals surface area contributed by atoms with E-state index in [9.17, 15) is 9.59 Å². The molecular weight excluding hydrogens is 464 g/mol. The van der Waals surface area contributed by atoms with Crippen molar-refractivity contribution in [1.29, 1.82) is 0 Å². The maximum Gasteiger partial charge on any atom is 0.410 e. The number of benzene rings is 2. The van der Waals surface area contributed by atoms with Crippen molar-refractivity contribution in [3.8, 4) is 0 Å². The topological polar surface area (TPSA) is 65.1 Å². The Kier molecular flexibility index (Phi) is 7.00. The zero-order chi connectivity index (χ0) is 24.4. The summed E-state index contributed by atoms with van der Waals surface area (Å²) >= 11 is 6.36. The molecule has 8 heteroatoms. The lowest BCUT2D eigenvalue weighted by molar-refractivity contribution is -0.120. The summed E-state index contributed by atoms with van der Waals surface area (Å²) in [5, 5.41) is 4.06. The quantitative estimate of drug-likeness (QED) is 0.700. The van der Waals surface area contributed by atoms with Gasteiger partial charge < -0.3 is 19.9 Å². The molecule has 0 radical (unpaired) electrons. The second-order valence-electron chi connectivity index (χ2n) is 10.0. The van der Waals surface area contributed by atoms with E-state index in [4.69, 9.17) is 16.3 Å². The van der Waals surface area contributed by atoms with Crippen LogP contribution in [0, 0.1) is 0 Å². The van der Waals surface area contributed by atoms with E-state index in [1.165, 1.54) is 5.56 Å². The Morgan fingerprint density at radius 2 is 1.89 bits per heavy atom. The summed E-state index contributed by atoms with van der Waals surface area (Å²) in [5.74, 6) is 0.115. The standard InChI is InChI=1S/C27H33ClN4O3/c1-20-16-30(14-11-29-20)17-25(33)32-19-27(23-8-7-22(28)15-24(23)32)9-12-31(13-10-27)26(34)35-18-21-5-3-2-4-6-21/h2-8,15,20,29H,9-14,16-19H2,1H3/t20-/m1/s1. The van der Waals surface area contributed by atoms with Crippen LogP contribution < -0.4 is 10.2 Å². The summed E-state index contributed by atoms with van der Waals surface area (Å²) in [7, 11) is 0. The number of piperidine rings is 1. The molecular formula is C27H33ClN4O3. The predicted octanol–water partition coefficient (Wildman–Crippen LogP) is 3.65. The van der Waals surface area contributed by atoms with Crippen molar-refractivity contribution in [3.05, 3.63) is 64.7 Å². The van der Waals surface area contributed by atoms with Gasteiger partial charge in [-0.1, -0.05) is 48.0 Å². The number of anilines is 1. The van der Waals surface area contributed by atoms with Crippen molar-refractivity contribution in [1.82, 2.24) is 15.1 Å². The summed E-state index contributed by atoms with van der Waals surface area (Å²) in [6.07, 6.45) is 1.30. The number of piperazine rings is 1. The summed E-state index contributed by atoms with van der Waals surface area (Å²) in [5.41, 5.74) is 2.90. The number of hydrogen-bond acceptors (Lipinski definition) is 5. The first kappa shape index (κ1) is 24.1. The molecule has 2 saturated heterocycles. The van der Waals surface area contributed by atoms with E-state index in [-0.39, 0.29) is 24.0 Å². The molecule has 3 aliphatic heterocycles. The maximum absolute atomic E-state index is 13.4. The van der Waals surface area contributed by atoms with Gasteiger partial charge in [0.15, 0.2) is 0 Å². The molecule has 3 aliphatic rings. The molecule has 2 aromatic carbocycles. The molecule has 2 aromatic rings. The average molecular weight is 497 g/mol. The highest BCUT2D eigenvalue weighted by molar-refractivity contribution is 6.31. The predicted molar refractivity (Wildman–Crippen MR) is 137 cm³/mol. The van der Waals surface area contributed by atoms with E-state index in [0.29, 0.717) is 37.2 Å². The number of rotatable bonds is 4. The summed E-state index contributed by atoms with van der Waals surface area (Å²) in [6, 6.07) is 16.0. The normalized spacial score (nSPS) is 21.7. The maximum atomic E-state index is 13.4. The molecule has 0 bridgehead atoms. The number of fused-ring (bicyclic) bond motifs is 2. The minimum Gasteiger partial charge on any atom is -0.445 e. The molecule has 1 N–H and O–H groups in total. The third-order valence-corrected chi connectivity index (χ3v) is 7.81. The Balaban J connectivity index is 1.25. The summed E-state index contributed by atoms with van der Waals surface area (Å²) < 4.78 is 5.55. The van der Waals surface area contributed by atoms with Crippen LogP contribution in [0.3, 0.4) is 0 Å². The lowest BCUT2D eigenvalue weighted by atomic mass is 9.74. The average Bonchev–Trinajstić information content (AvgIpc) is 3.16. The van der Waals surface area contributed by atoms with E-state index in [1.807, 2.05) is 47.4 Å². The highest BCUT2D eigenvalue weighted by Crippen LogP contribution is 2.48. The van der Waals surface area contributed by atoms with Gasteiger partial charge in [0.1, 0.15) is 6.61 Å². The lowest BCUT2D eigenvalue weighted by Gasteiger charge is -2.39. The van der Waals surface area contributed by atoms with Gasteiger partial charge in [-0.15, -0.1) is 0 Å². The number of nitrogens with one attached hydrogen (secondary N) is 1. The second kappa shape index (κ2) is 10.2. The van der Waals surface area contributed by atoms with E-state index >= 15 is 0 Å². The van der Waals surface area contributed by atoms with E-state index in [0.717, 1.165) is 43.7 Å². The lowest BCUT2D eigenvalue weighted by Crippen LogP contribution is -2.53. The van der Waals surface area contributed by atoms with Crippen molar-refractivity contribution in [2.75, 3.05) is 50.7 Å². The molecule has 0 saturated carbocycles. The number of nitrogens with zero attached hydrogens (tertiary/aromatic N) is 3. The monoisotopic (exact) mass is 496 g/mol. The Morgan fingerprint density at radius 3 is 2.63 bits per heavy atom. The largest absolute Gasteiger partial charge is 0.445 e. The fraction of sp³-hybridized carbons (Fsp3) is 0.481. The molecule has 7 nitrogen and oxygen atoms in total. The van der Waals surface area contributed by atoms with Crippen molar-refractivity contribution in [2.24, 2.45) is 0 Å². The number of ether oxygens (including phenoxy) is 1. The van der Waals surface area contributed by atoms with E-state index < -0.39 is 0 Å². The van der Waals surface area contributed by atoms with Gasteiger partial charge >= 0.3 is 6.09 Å². The number of hydrogen-bond donors (Lipinski definition) is 1. The van der Waals surface area contributed by atoms with E-state index in [2.05, 4.69) is 23.2 Å². The fourth-order valence-electron chi connectivity index (χ4n) is 5.66. The van der Waals surface area contributed by atoms with Crippen LogP contribution in [0.15, 0.2) is 48.5 Å². The number of halogens is 1. The van der Waals surface area contributed by atoms with Gasteiger partial charge in [0.05, 0.1) is 6.54 Å². The van der Waals surface area contributed by atoms with Gasteiger partial charge in [0.2, 0.25) is 5.91 Å². The minimum absolute atomic E-state index is 0.115. The smallest absolute Gasteiger partial charge is 0.410 e. The second-order valence-corrected chi connectivity index (χ2v) is 10.5. The first-order valence-electron chi connectivity index (χ1n) is 12.5. The van der Waals surface area contributed by atoms with Gasteiger partial charge in [-0.05, 0) is 43.0 Å². The fourth-order valence-corrected chi connectivity index (χ4v) is 5.83. The van der Waals surface area contributed by atoms with Gasteiger partial charge in [-0.3, -0.25) is 9.69 Å². The first-order valence-corrected chi connectivity index (χ1v) is 12.8. The summed E-state index contributed by atoms with van der Waals surface area (Å²) in [4.78, 5) is 32.1. The van der Waals surface area contributed by atoms with Gasteiger partial charge in [-0.25, -0.2) is 4.79 Å². The van der Waals surface area contributed by atoms with Crippen LogP contribution in [0.2, 0.25) is 5.02 Å². The van der Waals surface area contributed by atoms with Gasteiger partial charge in [0, 0.05) is 61.4 Å². The van der Waals surface area contributed by atoms with Gasteiger partial charge in [0.25, 0.3) is 0 Å². The molecule has 186 valence electrons. The third-order valence-electron chi connectivity index (χ3n) is 7.58. The molecule has 2 amide bonds. The van der Waals surface area contributed by atoms with Crippen molar-refractivity contribution >= 4 is 29.3 Å². The van der Waals surface area contributed by atoms with Crippen LogP contribution in [0.4, 0.5) is 10.5 Å². The molecule has 0 unspecified atom stereocenters. The van der Waals surface area contributed by atoms with Crippen molar-refractivity contribution in [3.63, 3.8) is 0 Å². The summed E-state index contributed by atoms with van der Waals surface area (Å²) in [6.45, 7) is 7.31. The highest BCUT2D eigenvalue weighted by Gasteiger charge is 2.47. The van der Waals surface area contributed by atoms with Crippen LogP contribution >= 0.6 is 11.6 Å². The van der Waals surface area contributed by atoms with Crippen LogP contribution in [0.25, 0.3) is 0 Å². The van der Waals surface area contributed by atoms with Crippen molar-refractivity contribution in [2.45, 2.75) is 37.8 Å². The molecule has 1 spiro atoms. The molecule has 0 aliphatic carbocycles. The highest BCUT2D eigenvalue weighted by atomic mass is 35.5. The Labute approximate surface area is 212 Å². The molecule has 5 rings (SSSR count).